The van der Waals surface area contributed by atoms with Crippen LogP contribution in [0.4, 0.5) is 0 Å². The van der Waals surface area contributed by atoms with E-state index in [1.54, 1.807) is 0 Å². The third-order valence-corrected chi connectivity index (χ3v) is 6.81. The van der Waals surface area contributed by atoms with Gasteiger partial charge >= 0.3 is 0 Å². The largest absolute Gasteiger partial charge is 0.508 e. The highest BCUT2D eigenvalue weighted by molar-refractivity contribution is 6.10. The first-order valence-corrected chi connectivity index (χ1v) is 12.8. The van der Waals surface area contributed by atoms with E-state index in [1.165, 1.54) is 30.3 Å². The van der Waals surface area contributed by atoms with Gasteiger partial charge < -0.3 is 70.0 Å². The smallest absolute Gasteiger partial charge is 0.229 e. The molecule has 0 amide bonds. The minimum absolute atomic E-state index is 0.00123. The Morgan fingerprint density at radius 2 is 1.26 bits per heavy atom. The number of hydrogen-bond acceptors (Lipinski definition) is 15. The molecule has 10 atom stereocenters. The van der Waals surface area contributed by atoms with Crippen molar-refractivity contribution in [1.82, 2.24) is 0 Å². The summed E-state index contributed by atoms with van der Waals surface area (Å²) < 4.78 is 21.8. The van der Waals surface area contributed by atoms with Crippen molar-refractivity contribution in [2.45, 2.75) is 61.4 Å². The lowest BCUT2D eigenvalue weighted by Crippen LogP contribution is -2.60. The van der Waals surface area contributed by atoms with Crippen LogP contribution >= 0.6 is 0 Å². The third kappa shape index (κ3) is 6.66. The molecule has 2 heterocycles. The predicted molar refractivity (Wildman–Crippen MR) is 138 cm³/mol. The fourth-order valence-electron chi connectivity index (χ4n) is 4.41. The number of carbonyl (C=O) groups is 1. The number of benzene rings is 2. The van der Waals surface area contributed by atoms with E-state index in [9.17, 15) is 55.9 Å². The average molecular weight is 597 g/mol. The second-order valence-corrected chi connectivity index (χ2v) is 9.73. The van der Waals surface area contributed by atoms with Gasteiger partial charge in [-0.2, -0.15) is 0 Å². The summed E-state index contributed by atoms with van der Waals surface area (Å²) in [6.07, 6.45) is -14.3. The highest BCUT2D eigenvalue weighted by atomic mass is 16.7. The van der Waals surface area contributed by atoms with Crippen LogP contribution in [0.5, 0.6) is 23.0 Å². The molecular weight excluding hydrogens is 564 g/mol. The van der Waals surface area contributed by atoms with Crippen LogP contribution in [0.3, 0.4) is 0 Å². The van der Waals surface area contributed by atoms with Crippen molar-refractivity contribution in [3.8, 4) is 23.0 Å². The van der Waals surface area contributed by atoms with Gasteiger partial charge in [0, 0.05) is 12.1 Å². The van der Waals surface area contributed by atoms with E-state index < -0.39 is 97.5 Å². The Kier molecular flexibility index (Phi) is 10.0. The summed E-state index contributed by atoms with van der Waals surface area (Å²) in [6, 6.07) is 7.79. The van der Waals surface area contributed by atoms with Crippen molar-refractivity contribution in [2.24, 2.45) is 0 Å². The van der Waals surface area contributed by atoms with Crippen molar-refractivity contribution in [2.75, 3.05) is 13.2 Å². The highest BCUT2D eigenvalue weighted by Crippen LogP contribution is 2.37. The zero-order valence-corrected chi connectivity index (χ0v) is 21.8. The van der Waals surface area contributed by atoms with E-state index in [1.807, 2.05) is 0 Å². The van der Waals surface area contributed by atoms with Crippen molar-refractivity contribution < 1.29 is 74.8 Å². The van der Waals surface area contributed by atoms with Gasteiger partial charge in [-0.1, -0.05) is 18.2 Å². The monoisotopic (exact) mass is 596 g/mol. The lowest BCUT2D eigenvalue weighted by molar-refractivity contribution is -0.278. The minimum Gasteiger partial charge on any atom is -0.508 e. The molecule has 4 rings (SSSR count). The maximum atomic E-state index is 13.2. The molecule has 0 aliphatic carbocycles. The summed E-state index contributed by atoms with van der Waals surface area (Å²) in [5.41, 5.74) is 0.0442. The molecule has 2 aliphatic rings. The SMILES string of the molecule is O=C(/C=C/c1ccc(O)cc1)c1c(O)cc(O[C@H]2O[C@@H](CO)[C@H](O)[C@H](O)[C@H]2O)cc1O[C@H]1O[C@H](CO)[C@@H](O)[C@@H](O)[C@@H]1O. The van der Waals surface area contributed by atoms with Crippen molar-refractivity contribution >= 4 is 11.9 Å². The second kappa shape index (κ2) is 13.3. The molecule has 2 aromatic rings. The van der Waals surface area contributed by atoms with Gasteiger partial charge in [-0.3, -0.25) is 4.79 Å². The molecule has 2 saturated heterocycles. The quantitative estimate of drug-likeness (QED) is 0.105. The van der Waals surface area contributed by atoms with Gasteiger partial charge in [-0.25, -0.2) is 0 Å². The number of phenols is 2. The molecule has 0 saturated carbocycles. The van der Waals surface area contributed by atoms with Gasteiger partial charge in [-0.05, 0) is 23.8 Å². The molecule has 15 heteroatoms. The van der Waals surface area contributed by atoms with Crippen LogP contribution in [0.25, 0.3) is 6.08 Å². The first-order valence-electron chi connectivity index (χ1n) is 12.8. The molecule has 42 heavy (non-hydrogen) atoms. The normalized spacial score (nSPS) is 33.4. The maximum Gasteiger partial charge on any atom is 0.229 e. The molecule has 0 aromatic heterocycles. The zero-order valence-electron chi connectivity index (χ0n) is 21.8. The Labute approximate surface area is 238 Å². The van der Waals surface area contributed by atoms with Crippen LogP contribution in [-0.2, 0) is 9.47 Å². The number of rotatable bonds is 9. The highest BCUT2D eigenvalue weighted by Gasteiger charge is 2.46. The Morgan fingerprint density at radius 3 is 1.79 bits per heavy atom. The summed E-state index contributed by atoms with van der Waals surface area (Å²) >= 11 is 0. The van der Waals surface area contributed by atoms with Gasteiger partial charge in [0.15, 0.2) is 5.78 Å². The van der Waals surface area contributed by atoms with Crippen molar-refractivity contribution in [3.63, 3.8) is 0 Å². The summed E-state index contributed by atoms with van der Waals surface area (Å²) in [4.78, 5) is 13.2. The number of ether oxygens (including phenoxy) is 4. The Balaban J connectivity index is 1.68. The topological polar surface area (TPSA) is 256 Å². The Hall–Kier alpha value is -3.35. The minimum atomic E-state index is -1.88. The Bertz CT molecular complexity index is 1250. The van der Waals surface area contributed by atoms with Crippen LogP contribution in [0.1, 0.15) is 15.9 Å². The number of aliphatic hydroxyl groups is 8. The standard InChI is InChI=1S/C27H32O15/c28-9-17-20(33)22(35)24(37)26(41-17)39-13-7-15(32)19(14(31)6-3-11-1-4-12(30)5-2-11)16(8-13)40-27-25(38)23(36)21(34)18(10-29)42-27/h1-8,17-18,20-30,32-38H,9-10H2/b6-3+/t17-,18+,20-,21+,22-,23+,24+,25-,26-,27-/m0/s1. The molecule has 2 fully saturated rings. The van der Waals surface area contributed by atoms with Crippen LogP contribution in [0, 0.1) is 0 Å². The molecule has 15 nitrogen and oxygen atoms in total. The molecule has 10 N–H and O–H groups in total. The number of carbonyl (C=O) groups excluding carboxylic acids is 1. The molecule has 0 radical (unpaired) electrons. The van der Waals surface area contributed by atoms with E-state index in [0.717, 1.165) is 18.2 Å². The van der Waals surface area contributed by atoms with Crippen LogP contribution in [0.15, 0.2) is 42.5 Å². The number of ketones is 1. The van der Waals surface area contributed by atoms with E-state index in [4.69, 9.17) is 18.9 Å². The van der Waals surface area contributed by atoms with Gasteiger partial charge in [0.25, 0.3) is 0 Å². The van der Waals surface area contributed by atoms with Crippen LogP contribution in [0.2, 0.25) is 0 Å². The predicted octanol–water partition coefficient (Wildman–Crippen LogP) is -2.65. The van der Waals surface area contributed by atoms with Gasteiger partial charge in [0.2, 0.25) is 12.6 Å². The van der Waals surface area contributed by atoms with Crippen LogP contribution in [-0.4, -0.2) is 131 Å². The second-order valence-electron chi connectivity index (χ2n) is 9.73. The summed E-state index contributed by atoms with van der Waals surface area (Å²) in [7, 11) is 0. The van der Waals surface area contributed by atoms with E-state index in [2.05, 4.69) is 0 Å². The summed E-state index contributed by atoms with van der Waals surface area (Å²) in [5, 5.41) is 100. The lowest BCUT2D eigenvalue weighted by Gasteiger charge is -2.40. The fourth-order valence-corrected chi connectivity index (χ4v) is 4.41. The molecule has 0 bridgehead atoms. The molecule has 0 unspecified atom stereocenters. The van der Waals surface area contributed by atoms with Gasteiger partial charge in [-0.15, -0.1) is 0 Å². The number of hydrogen-bond donors (Lipinski definition) is 10. The van der Waals surface area contributed by atoms with Crippen molar-refractivity contribution in [3.05, 3.63) is 53.6 Å². The number of aromatic hydroxyl groups is 2. The Morgan fingerprint density at radius 1 is 0.738 bits per heavy atom. The van der Waals surface area contributed by atoms with E-state index >= 15 is 0 Å². The molecule has 0 spiro atoms. The number of aliphatic hydroxyl groups excluding tert-OH is 8. The maximum absolute atomic E-state index is 13.2. The first kappa shape index (κ1) is 31.6. The number of phenolic OH excluding ortho intramolecular Hbond substituents is 2. The molecule has 2 aliphatic heterocycles. The van der Waals surface area contributed by atoms with E-state index in [-0.39, 0.29) is 11.5 Å². The summed E-state index contributed by atoms with van der Waals surface area (Å²) in [5.74, 6) is -2.33. The average Bonchev–Trinajstić information content (AvgIpc) is 2.97. The van der Waals surface area contributed by atoms with Crippen LogP contribution < -0.4 is 9.47 Å². The van der Waals surface area contributed by atoms with Gasteiger partial charge in [0.1, 0.15) is 77.4 Å². The molecule has 230 valence electrons. The fraction of sp³-hybridized carbons (Fsp3) is 0.444. The van der Waals surface area contributed by atoms with Crippen molar-refractivity contribution in [1.29, 1.82) is 0 Å². The van der Waals surface area contributed by atoms with Gasteiger partial charge in [0.05, 0.1) is 13.2 Å². The summed E-state index contributed by atoms with van der Waals surface area (Å²) in [6.45, 7) is -1.50. The van der Waals surface area contributed by atoms with E-state index in [0.29, 0.717) is 5.56 Å². The lowest BCUT2D eigenvalue weighted by atomic mass is 9.99. The molecular formula is C27H32O15. The number of allylic oxidation sites excluding steroid dienone is 1. The molecule has 2 aromatic carbocycles. The third-order valence-electron chi connectivity index (χ3n) is 6.81. The first-order chi connectivity index (χ1) is 19.9. The zero-order chi connectivity index (χ0) is 30.7.